The molecule has 0 radical (unpaired) electrons. The van der Waals surface area contributed by atoms with Gasteiger partial charge in [-0.1, -0.05) is 78.4 Å². The Morgan fingerprint density at radius 2 is 1.60 bits per heavy atom. The molecule has 1 fully saturated rings. The maximum Gasteiger partial charge on any atom is 0.256 e. The van der Waals surface area contributed by atoms with Crippen molar-refractivity contribution in [3.63, 3.8) is 0 Å². The van der Waals surface area contributed by atoms with Crippen LogP contribution in [0.5, 0.6) is 0 Å². The number of amides is 2. The lowest BCUT2D eigenvalue weighted by Gasteiger charge is -2.40. The maximum atomic E-state index is 13.4. The lowest BCUT2D eigenvalue weighted by Crippen LogP contribution is -2.51. The lowest BCUT2D eigenvalue weighted by molar-refractivity contribution is -0.131. The molecule has 148 valence electrons. The second-order valence-electron chi connectivity index (χ2n) is 7.77. The van der Waals surface area contributed by atoms with E-state index < -0.39 is 5.66 Å². The summed E-state index contributed by atoms with van der Waals surface area (Å²) >= 11 is 0. The lowest BCUT2D eigenvalue weighted by atomic mass is 9.89. The van der Waals surface area contributed by atoms with Gasteiger partial charge in [-0.2, -0.15) is 0 Å². The fourth-order valence-corrected chi connectivity index (χ4v) is 4.67. The number of carbonyl (C=O) groups excluding carboxylic acids is 2. The summed E-state index contributed by atoms with van der Waals surface area (Å²) < 4.78 is 0. The Labute approximate surface area is 176 Å². The monoisotopic (exact) mass is 394 g/mol. The van der Waals surface area contributed by atoms with Crippen LogP contribution in [0.3, 0.4) is 0 Å². The molecule has 30 heavy (non-hydrogen) atoms. The van der Waals surface area contributed by atoms with Crippen LogP contribution in [0.25, 0.3) is 6.08 Å². The zero-order chi connectivity index (χ0) is 20.7. The number of fused-ring (bicyclic) bond motifs is 3. The van der Waals surface area contributed by atoms with Crippen LogP contribution in [0.2, 0.25) is 0 Å². The van der Waals surface area contributed by atoms with E-state index in [2.05, 4.69) is 0 Å². The van der Waals surface area contributed by atoms with Crippen molar-refractivity contribution in [2.45, 2.75) is 12.6 Å². The topological polar surface area (TPSA) is 40.6 Å². The van der Waals surface area contributed by atoms with Crippen LogP contribution in [0.15, 0.2) is 84.9 Å². The van der Waals surface area contributed by atoms with E-state index in [4.69, 9.17) is 0 Å². The van der Waals surface area contributed by atoms with Crippen LogP contribution in [-0.4, -0.2) is 34.7 Å². The first-order valence-corrected chi connectivity index (χ1v) is 10.2. The first-order chi connectivity index (χ1) is 14.6. The highest BCUT2D eigenvalue weighted by molar-refractivity contribution is 6.03. The highest BCUT2D eigenvalue weighted by atomic mass is 16.2. The van der Waals surface area contributed by atoms with Gasteiger partial charge in [0.1, 0.15) is 0 Å². The molecule has 5 rings (SSSR count). The minimum atomic E-state index is -0.903. The molecular formula is C26H22N2O2. The van der Waals surface area contributed by atoms with E-state index >= 15 is 0 Å². The number of benzene rings is 3. The second kappa shape index (κ2) is 6.99. The van der Waals surface area contributed by atoms with Gasteiger partial charge in [0.15, 0.2) is 5.66 Å². The van der Waals surface area contributed by atoms with Gasteiger partial charge >= 0.3 is 0 Å². The summed E-state index contributed by atoms with van der Waals surface area (Å²) in [5.41, 5.74) is 3.68. The Kier molecular flexibility index (Phi) is 4.28. The average Bonchev–Trinajstić information content (AvgIpc) is 3.29. The third-order valence-electron chi connectivity index (χ3n) is 6.04. The molecule has 3 aromatic carbocycles. The van der Waals surface area contributed by atoms with Gasteiger partial charge < -0.3 is 9.80 Å². The summed E-state index contributed by atoms with van der Waals surface area (Å²) in [5, 5.41) is 0. The van der Waals surface area contributed by atoms with Crippen LogP contribution in [-0.2, 0) is 10.5 Å². The van der Waals surface area contributed by atoms with Gasteiger partial charge in [-0.3, -0.25) is 9.59 Å². The van der Waals surface area contributed by atoms with E-state index in [0.29, 0.717) is 18.7 Å². The molecule has 1 saturated heterocycles. The summed E-state index contributed by atoms with van der Waals surface area (Å²) in [6, 6.07) is 25.5. The summed E-state index contributed by atoms with van der Waals surface area (Å²) in [6.45, 7) is 3.03. The fourth-order valence-electron chi connectivity index (χ4n) is 4.67. The van der Waals surface area contributed by atoms with Gasteiger partial charge in [-0.25, -0.2) is 0 Å². The largest absolute Gasteiger partial charge is 0.306 e. The molecule has 0 spiro atoms. The highest BCUT2D eigenvalue weighted by Gasteiger charge is 2.59. The minimum Gasteiger partial charge on any atom is -0.306 e. The molecule has 1 atom stereocenters. The first-order valence-electron chi connectivity index (χ1n) is 10.2. The van der Waals surface area contributed by atoms with Crippen LogP contribution in [0.1, 0.15) is 32.6 Å². The number of rotatable bonds is 3. The highest BCUT2D eigenvalue weighted by Crippen LogP contribution is 2.49. The number of hydrogen-bond acceptors (Lipinski definition) is 2. The summed E-state index contributed by atoms with van der Waals surface area (Å²) in [6.07, 6.45) is 3.44. The second-order valence-corrected chi connectivity index (χ2v) is 7.77. The standard InChI is InChI=1S/C26H22N2O2/c1-19-11-14-21(15-12-19)26-23-10-6-5-9-22(23)25(30)28(26)18-17-27(26)24(29)16-13-20-7-3-2-4-8-20/h2-16H,17-18H2,1H3/b16-13+. The zero-order valence-corrected chi connectivity index (χ0v) is 16.8. The Morgan fingerprint density at radius 3 is 2.37 bits per heavy atom. The molecule has 2 amide bonds. The third-order valence-corrected chi connectivity index (χ3v) is 6.04. The molecule has 3 aromatic rings. The molecule has 0 bridgehead atoms. The molecule has 0 N–H and O–H groups in total. The Morgan fingerprint density at radius 1 is 0.900 bits per heavy atom. The van der Waals surface area contributed by atoms with Crippen molar-refractivity contribution >= 4 is 17.9 Å². The molecule has 2 heterocycles. The number of nitrogens with zero attached hydrogens (tertiary/aromatic N) is 2. The van der Waals surface area contributed by atoms with Crippen LogP contribution < -0.4 is 0 Å². The Hall–Kier alpha value is -3.66. The predicted octanol–water partition coefficient (Wildman–Crippen LogP) is 4.21. The van der Waals surface area contributed by atoms with Crippen molar-refractivity contribution in [1.29, 1.82) is 0 Å². The minimum absolute atomic E-state index is 0.0199. The van der Waals surface area contributed by atoms with E-state index in [1.165, 1.54) is 0 Å². The van der Waals surface area contributed by atoms with E-state index in [1.54, 1.807) is 6.08 Å². The van der Waals surface area contributed by atoms with Crippen molar-refractivity contribution in [2.24, 2.45) is 0 Å². The number of carbonyl (C=O) groups is 2. The van der Waals surface area contributed by atoms with Crippen LogP contribution in [0, 0.1) is 6.92 Å². The third kappa shape index (κ3) is 2.61. The van der Waals surface area contributed by atoms with Gasteiger partial charge in [0.2, 0.25) is 5.91 Å². The summed E-state index contributed by atoms with van der Waals surface area (Å²) in [7, 11) is 0. The summed E-state index contributed by atoms with van der Waals surface area (Å²) in [4.78, 5) is 30.3. The molecule has 2 aliphatic rings. The molecular weight excluding hydrogens is 372 g/mol. The average molecular weight is 394 g/mol. The van der Waals surface area contributed by atoms with Crippen molar-refractivity contribution in [3.05, 3.63) is 113 Å². The van der Waals surface area contributed by atoms with Gasteiger partial charge in [0.05, 0.1) is 0 Å². The van der Waals surface area contributed by atoms with Crippen LogP contribution >= 0.6 is 0 Å². The van der Waals surface area contributed by atoms with Gasteiger partial charge in [-0.05, 0) is 24.6 Å². The zero-order valence-electron chi connectivity index (χ0n) is 16.8. The van der Waals surface area contributed by atoms with E-state index in [9.17, 15) is 9.59 Å². The molecule has 0 aliphatic carbocycles. The SMILES string of the molecule is Cc1ccc(C23c4ccccc4C(=O)N2CCN3C(=O)/C=C/c2ccccc2)cc1. The fraction of sp³-hybridized carbons (Fsp3) is 0.154. The Bertz CT molecular complexity index is 1150. The van der Waals surface area contributed by atoms with E-state index in [0.717, 1.165) is 22.3 Å². The molecule has 4 heteroatoms. The van der Waals surface area contributed by atoms with Crippen molar-refractivity contribution in [1.82, 2.24) is 9.80 Å². The quantitative estimate of drug-likeness (QED) is 0.625. The molecule has 2 aliphatic heterocycles. The van der Waals surface area contributed by atoms with Crippen molar-refractivity contribution in [3.8, 4) is 0 Å². The van der Waals surface area contributed by atoms with Gasteiger partial charge in [0, 0.05) is 35.9 Å². The van der Waals surface area contributed by atoms with Crippen molar-refractivity contribution < 1.29 is 9.59 Å². The van der Waals surface area contributed by atoms with Gasteiger partial charge in [-0.15, -0.1) is 0 Å². The van der Waals surface area contributed by atoms with E-state index in [1.807, 2.05) is 102 Å². The maximum absolute atomic E-state index is 13.4. The number of hydrogen-bond donors (Lipinski definition) is 0. The Balaban J connectivity index is 1.65. The first kappa shape index (κ1) is 18.4. The van der Waals surface area contributed by atoms with Crippen molar-refractivity contribution in [2.75, 3.05) is 13.1 Å². The van der Waals surface area contributed by atoms with E-state index in [-0.39, 0.29) is 11.8 Å². The molecule has 1 unspecified atom stereocenters. The van der Waals surface area contributed by atoms with Crippen LogP contribution in [0.4, 0.5) is 0 Å². The molecule has 0 aromatic heterocycles. The predicted molar refractivity (Wildman–Crippen MR) is 117 cm³/mol. The van der Waals surface area contributed by atoms with Gasteiger partial charge in [0.25, 0.3) is 5.91 Å². The molecule has 0 saturated carbocycles. The molecule has 4 nitrogen and oxygen atoms in total. The smallest absolute Gasteiger partial charge is 0.256 e. The number of aryl methyl sites for hydroxylation is 1. The normalized spacial score (nSPS) is 20.0. The summed E-state index contributed by atoms with van der Waals surface area (Å²) in [5.74, 6) is -0.125.